The van der Waals surface area contributed by atoms with Gasteiger partial charge in [0.1, 0.15) is 0 Å². The Morgan fingerprint density at radius 3 is 2.33 bits per heavy atom. The van der Waals surface area contributed by atoms with Crippen LogP contribution in [0.1, 0.15) is 21.8 Å². The van der Waals surface area contributed by atoms with Crippen molar-refractivity contribution in [3.63, 3.8) is 0 Å². The lowest BCUT2D eigenvalue weighted by atomic mass is 9.95. The number of rotatable bonds is 3. The molecule has 0 aliphatic heterocycles. The molecule has 5 heteroatoms. The standard InChI is InChI=1S/C10H7NO4/c11-5-8(10(14)15)6-3-1-2-4-7(6)9(12)13/h1-4,8H,(H,12,13)(H,14,15). The molecule has 15 heavy (non-hydrogen) atoms. The van der Waals surface area contributed by atoms with Crippen molar-refractivity contribution in [1.82, 2.24) is 0 Å². The van der Waals surface area contributed by atoms with Crippen LogP contribution in [-0.2, 0) is 4.79 Å². The summed E-state index contributed by atoms with van der Waals surface area (Å²) in [6.45, 7) is 0. The lowest BCUT2D eigenvalue weighted by Gasteiger charge is -2.07. The molecule has 1 rings (SSSR count). The fourth-order valence-electron chi connectivity index (χ4n) is 1.20. The molecule has 0 amide bonds. The first-order valence-electron chi connectivity index (χ1n) is 4.02. The van der Waals surface area contributed by atoms with Crippen LogP contribution in [0.3, 0.4) is 0 Å². The van der Waals surface area contributed by atoms with Crippen molar-refractivity contribution in [2.75, 3.05) is 0 Å². The van der Waals surface area contributed by atoms with E-state index in [-0.39, 0.29) is 11.1 Å². The van der Waals surface area contributed by atoms with E-state index in [9.17, 15) is 9.59 Å². The molecule has 1 aromatic rings. The highest BCUT2D eigenvalue weighted by Crippen LogP contribution is 2.19. The molecule has 0 saturated carbocycles. The largest absolute Gasteiger partial charge is 0.480 e. The number of nitrogens with zero attached hydrogens (tertiary/aromatic N) is 1. The van der Waals surface area contributed by atoms with Gasteiger partial charge in [-0.15, -0.1) is 0 Å². The summed E-state index contributed by atoms with van der Waals surface area (Å²) in [5.41, 5.74) is -0.161. The third-order valence-corrected chi connectivity index (χ3v) is 1.88. The summed E-state index contributed by atoms with van der Waals surface area (Å²) in [7, 11) is 0. The molecule has 0 bridgehead atoms. The molecule has 2 N–H and O–H groups in total. The van der Waals surface area contributed by atoms with Crippen molar-refractivity contribution in [2.45, 2.75) is 5.92 Å². The molecule has 0 heterocycles. The minimum Gasteiger partial charge on any atom is -0.480 e. The Hall–Kier alpha value is -2.35. The summed E-state index contributed by atoms with van der Waals surface area (Å²) in [5, 5.41) is 26.1. The van der Waals surface area contributed by atoms with E-state index in [1.54, 1.807) is 6.07 Å². The number of carbonyl (C=O) groups is 2. The van der Waals surface area contributed by atoms with Crippen molar-refractivity contribution >= 4 is 11.9 Å². The number of hydrogen-bond donors (Lipinski definition) is 2. The zero-order valence-corrected chi connectivity index (χ0v) is 7.54. The number of carboxylic acids is 2. The van der Waals surface area contributed by atoms with Crippen LogP contribution in [0, 0.1) is 11.3 Å². The Bertz CT molecular complexity index is 447. The van der Waals surface area contributed by atoms with Crippen LogP contribution >= 0.6 is 0 Å². The highest BCUT2D eigenvalue weighted by atomic mass is 16.4. The first-order valence-corrected chi connectivity index (χ1v) is 4.02. The first kappa shape index (κ1) is 10.7. The molecule has 0 saturated heterocycles. The van der Waals surface area contributed by atoms with E-state index >= 15 is 0 Å². The predicted molar refractivity (Wildman–Crippen MR) is 49.4 cm³/mol. The quantitative estimate of drug-likeness (QED) is 0.769. The fourth-order valence-corrected chi connectivity index (χ4v) is 1.20. The van der Waals surface area contributed by atoms with Crippen LogP contribution in [0.25, 0.3) is 0 Å². The van der Waals surface area contributed by atoms with Crippen LogP contribution in [-0.4, -0.2) is 22.2 Å². The topological polar surface area (TPSA) is 98.4 Å². The van der Waals surface area contributed by atoms with E-state index in [0.717, 1.165) is 0 Å². The van der Waals surface area contributed by atoms with Gasteiger partial charge >= 0.3 is 11.9 Å². The van der Waals surface area contributed by atoms with Crippen LogP contribution in [0.15, 0.2) is 24.3 Å². The highest BCUT2D eigenvalue weighted by Gasteiger charge is 2.24. The second-order valence-corrected chi connectivity index (χ2v) is 2.79. The number of benzene rings is 1. The summed E-state index contributed by atoms with van der Waals surface area (Å²) in [6, 6.07) is 7.11. The molecular weight excluding hydrogens is 198 g/mol. The smallest absolute Gasteiger partial charge is 0.336 e. The molecule has 1 aromatic carbocycles. The maximum Gasteiger partial charge on any atom is 0.336 e. The number of aromatic carboxylic acids is 1. The van der Waals surface area contributed by atoms with E-state index in [2.05, 4.69) is 0 Å². The minimum atomic E-state index is -1.45. The van der Waals surface area contributed by atoms with Crippen LogP contribution in [0.5, 0.6) is 0 Å². The number of aliphatic carboxylic acids is 1. The fraction of sp³-hybridized carbons (Fsp3) is 0.100. The van der Waals surface area contributed by atoms with Crippen molar-refractivity contribution in [2.24, 2.45) is 0 Å². The van der Waals surface area contributed by atoms with Gasteiger partial charge in [-0.3, -0.25) is 4.79 Å². The molecule has 0 aliphatic carbocycles. The second-order valence-electron chi connectivity index (χ2n) is 2.79. The second kappa shape index (κ2) is 4.24. The van der Waals surface area contributed by atoms with Crippen LogP contribution in [0.4, 0.5) is 0 Å². The summed E-state index contributed by atoms with van der Waals surface area (Å²) in [6.07, 6.45) is 0. The predicted octanol–water partition coefficient (Wildman–Crippen LogP) is 1.08. The monoisotopic (exact) mass is 205 g/mol. The third kappa shape index (κ3) is 2.11. The van der Waals surface area contributed by atoms with Gasteiger partial charge in [0.15, 0.2) is 5.92 Å². The third-order valence-electron chi connectivity index (χ3n) is 1.88. The van der Waals surface area contributed by atoms with E-state index in [4.69, 9.17) is 15.5 Å². The van der Waals surface area contributed by atoms with Gasteiger partial charge in [-0.2, -0.15) is 5.26 Å². The Kier molecular flexibility index (Phi) is 3.03. The lowest BCUT2D eigenvalue weighted by molar-refractivity contribution is -0.137. The molecule has 1 atom stereocenters. The summed E-state index contributed by atoms with van der Waals surface area (Å²) in [4.78, 5) is 21.5. The van der Waals surface area contributed by atoms with Gasteiger partial charge in [0.2, 0.25) is 0 Å². The van der Waals surface area contributed by atoms with Gasteiger partial charge in [-0.05, 0) is 11.6 Å². The minimum absolute atomic E-state index is 0.000000000000000666. The Balaban J connectivity index is 3.30. The SMILES string of the molecule is N#CC(C(=O)O)c1ccccc1C(=O)O. The molecule has 0 aromatic heterocycles. The molecule has 5 nitrogen and oxygen atoms in total. The van der Waals surface area contributed by atoms with E-state index < -0.39 is 17.9 Å². The zero-order chi connectivity index (χ0) is 11.4. The molecule has 0 fully saturated rings. The van der Waals surface area contributed by atoms with Gasteiger partial charge < -0.3 is 10.2 Å². The summed E-state index contributed by atoms with van der Waals surface area (Å²) < 4.78 is 0. The van der Waals surface area contributed by atoms with E-state index in [1.807, 2.05) is 0 Å². The molecular formula is C10H7NO4. The number of carboxylic acid groups (broad SMARTS) is 2. The number of hydrogen-bond acceptors (Lipinski definition) is 3. The van der Waals surface area contributed by atoms with Crippen molar-refractivity contribution in [3.05, 3.63) is 35.4 Å². The van der Waals surface area contributed by atoms with Crippen molar-refractivity contribution in [1.29, 1.82) is 5.26 Å². The molecule has 1 unspecified atom stereocenters. The summed E-state index contributed by atoms with van der Waals surface area (Å²) >= 11 is 0. The summed E-state index contributed by atoms with van der Waals surface area (Å²) in [5.74, 6) is -4.05. The van der Waals surface area contributed by atoms with Crippen LogP contribution in [0.2, 0.25) is 0 Å². The molecule has 0 aliphatic rings. The molecule has 0 spiro atoms. The van der Waals surface area contributed by atoms with Crippen molar-refractivity contribution < 1.29 is 19.8 Å². The molecule has 0 radical (unpaired) electrons. The maximum absolute atomic E-state index is 10.8. The van der Waals surface area contributed by atoms with Gasteiger partial charge in [0.25, 0.3) is 0 Å². The highest BCUT2D eigenvalue weighted by molar-refractivity contribution is 5.92. The zero-order valence-electron chi connectivity index (χ0n) is 7.54. The number of nitriles is 1. The van der Waals surface area contributed by atoms with Gasteiger partial charge in [0, 0.05) is 0 Å². The van der Waals surface area contributed by atoms with E-state index in [0.29, 0.717) is 0 Å². The average Bonchev–Trinajstić information content (AvgIpc) is 2.18. The first-order chi connectivity index (χ1) is 7.07. The average molecular weight is 205 g/mol. The van der Waals surface area contributed by atoms with E-state index in [1.165, 1.54) is 24.3 Å². The molecule has 76 valence electrons. The Morgan fingerprint density at radius 1 is 1.27 bits per heavy atom. The Labute approximate surface area is 85.2 Å². The maximum atomic E-state index is 10.8. The van der Waals surface area contributed by atoms with Gasteiger partial charge in [0.05, 0.1) is 11.6 Å². The van der Waals surface area contributed by atoms with Gasteiger partial charge in [-0.25, -0.2) is 4.79 Å². The lowest BCUT2D eigenvalue weighted by Crippen LogP contribution is -2.13. The van der Waals surface area contributed by atoms with Crippen molar-refractivity contribution in [3.8, 4) is 6.07 Å². The normalized spacial score (nSPS) is 11.4. The Morgan fingerprint density at radius 2 is 1.87 bits per heavy atom. The van der Waals surface area contributed by atoms with Crippen LogP contribution < -0.4 is 0 Å². The van der Waals surface area contributed by atoms with Gasteiger partial charge in [-0.1, -0.05) is 18.2 Å².